The molecule has 0 aliphatic carbocycles. The summed E-state index contributed by atoms with van der Waals surface area (Å²) in [6.07, 6.45) is 2.31. The number of nitrogens with zero attached hydrogens (tertiary/aromatic N) is 1. The fourth-order valence-electron chi connectivity index (χ4n) is 3.70. The maximum Gasteiger partial charge on any atom is 0.313 e. The van der Waals surface area contributed by atoms with Crippen molar-refractivity contribution in [3.63, 3.8) is 0 Å². The summed E-state index contributed by atoms with van der Waals surface area (Å²) in [5, 5.41) is 5.05. The van der Waals surface area contributed by atoms with Crippen molar-refractivity contribution in [1.82, 2.24) is 5.32 Å². The Balaban J connectivity index is 1.65. The summed E-state index contributed by atoms with van der Waals surface area (Å²) in [7, 11) is 3.99. The van der Waals surface area contributed by atoms with E-state index in [4.69, 9.17) is 0 Å². The average Bonchev–Trinajstić information content (AvgIpc) is 3.24. The molecule has 0 unspecified atom stereocenters. The smallest absolute Gasteiger partial charge is 0.313 e. The second-order valence-electron chi connectivity index (χ2n) is 7.55. The SMILES string of the molecule is CN(C)c1ccc([C@@H](CNC(=O)C(=O)Nc2ccccc2F)[NH+]2CCCC2)cc1. The van der Waals surface area contributed by atoms with E-state index in [2.05, 4.69) is 34.9 Å². The van der Waals surface area contributed by atoms with Crippen molar-refractivity contribution in [2.75, 3.05) is 43.9 Å². The Hall–Kier alpha value is -2.93. The van der Waals surface area contributed by atoms with Crippen LogP contribution >= 0.6 is 0 Å². The second-order valence-corrected chi connectivity index (χ2v) is 7.55. The first-order valence-corrected chi connectivity index (χ1v) is 9.91. The predicted molar refractivity (Wildman–Crippen MR) is 111 cm³/mol. The summed E-state index contributed by atoms with van der Waals surface area (Å²) < 4.78 is 13.7. The summed E-state index contributed by atoms with van der Waals surface area (Å²) in [5.41, 5.74) is 2.23. The summed E-state index contributed by atoms with van der Waals surface area (Å²) >= 11 is 0. The normalized spacial score (nSPS) is 15.0. The van der Waals surface area contributed by atoms with E-state index in [1.807, 2.05) is 19.0 Å². The van der Waals surface area contributed by atoms with Crippen molar-refractivity contribution < 1.29 is 18.9 Å². The van der Waals surface area contributed by atoms with E-state index in [0.717, 1.165) is 37.2 Å². The minimum absolute atomic E-state index is 0.00589. The zero-order valence-electron chi connectivity index (χ0n) is 16.9. The van der Waals surface area contributed by atoms with Gasteiger partial charge < -0.3 is 20.4 Å². The van der Waals surface area contributed by atoms with E-state index in [0.29, 0.717) is 6.54 Å². The Morgan fingerprint density at radius 3 is 2.31 bits per heavy atom. The molecule has 3 rings (SSSR count). The second kappa shape index (κ2) is 9.52. The van der Waals surface area contributed by atoms with Gasteiger partial charge in [0.15, 0.2) is 0 Å². The minimum Gasteiger partial charge on any atom is -0.378 e. The van der Waals surface area contributed by atoms with E-state index in [9.17, 15) is 14.0 Å². The van der Waals surface area contributed by atoms with Crippen molar-refractivity contribution >= 4 is 23.2 Å². The number of carbonyl (C=O) groups is 2. The quantitative estimate of drug-likeness (QED) is 0.643. The molecule has 0 bridgehead atoms. The Bertz CT molecular complexity index is 848. The number of nitrogens with one attached hydrogen (secondary N) is 3. The van der Waals surface area contributed by atoms with Crippen LogP contribution in [-0.2, 0) is 9.59 Å². The third-order valence-electron chi connectivity index (χ3n) is 5.35. The number of carbonyl (C=O) groups excluding carboxylic acids is 2. The monoisotopic (exact) mass is 399 g/mol. The Kier molecular flexibility index (Phi) is 6.82. The molecule has 3 N–H and O–H groups in total. The van der Waals surface area contributed by atoms with Gasteiger partial charge in [0, 0.05) is 38.2 Å². The molecule has 0 aromatic heterocycles. The zero-order valence-corrected chi connectivity index (χ0v) is 16.9. The van der Waals surface area contributed by atoms with E-state index in [1.165, 1.54) is 23.1 Å². The molecule has 1 heterocycles. The third-order valence-corrected chi connectivity index (χ3v) is 5.35. The highest BCUT2D eigenvalue weighted by Crippen LogP contribution is 2.17. The van der Waals surface area contributed by atoms with Gasteiger partial charge in [-0.3, -0.25) is 9.59 Å². The first-order chi connectivity index (χ1) is 14.0. The van der Waals surface area contributed by atoms with Gasteiger partial charge in [-0.1, -0.05) is 24.3 Å². The lowest BCUT2D eigenvalue weighted by molar-refractivity contribution is -0.918. The summed E-state index contributed by atoms with van der Waals surface area (Å²) in [6, 6.07) is 14.1. The van der Waals surface area contributed by atoms with Crippen molar-refractivity contribution in [1.29, 1.82) is 0 Å². The van der Waals surface area contributed by atoms with E-state index < -0.39 is 17.6 Å². The molecule has 29 heavy (non-hydrogen) atoms. The van der Waals surface area contributed by atoms with Gasteiger partial charge in [-0.15, -0.1) is 0 Å². The highest BCUT2D eigenvalue weighted by atomic mass is 19.1. The zero-order chi connectivity index (χ0) is 20.8. The minimum atomic E-state index is -0.867. The van der Waals surface area contributed by atoms with E-state index in [-0.39, 0.29) is 11.7 Å². The van der Waals surface area contributed by atoms with Crippen LogP contribution < -0.4 is 20.4 Å². The highest BCUT2D eigenvalue weighted by molar-refractivity contribution is 6.39. The Labute approximate surface area is 170 Å². The number of anilines is 2. The van der Waals surface area contributed by atoms with Gasteiger partial charge in [-0.25, -0.2) is 4.39 Å². The van der Waals surface area contributed by atoms with Gasteiger partial charge in [0.05, 0.1) is 25.3 Å². The topological polar surface area (TPSA) is 65.9 Å². The van der Waals surface area contributed by atoms with Crippen LogP contribution in [0.3, 0.4) is 0 Å². The number of likely N-dealkylation sites (tertiary alicyclic amines) is 1. The number of hydrogen-bond acceptors (Lipinski definition) is 3. The lowest BCUT2D eigenvalue weighted by Gasteiger charge is -2.25. The lowest BCUT2D eigenvalue weighted by atomic mass is 10.0. The van der Waals surface area contributed by atoms with Crippen LogP contribution in [0.1, 0.15) is 24.4 Å². The lowest BCUT2D eigenvalue weighted by Crippen LogP contribution is -3.11. The fraction of sp³-hybridized carbons (Fsp3) is 0.364. The first-order valence-electron chi connectivity index (χ1n) is 9.91. The summed E-state index contributed by atoms with van der Waals surface area (Å²) in [5.74, 6) is -2.20. The molecule has 1 atom stereocenters. The maximum atomic E-state index is 13.7. The molecule has 0 radical (unpaired) electrons. The van der Waals surface area contributed by atoms with Gasteiger partial charge in [0.1, 0.15) is 11.9 Å². The molecular formula is C22H28FN4O2+. The number of quaternary nitrogens is 1. The molecule has 1 fully saturated rings. The fourth-order valence-corrected chi connectivity index (χ4v) is 3.70. The molecule has 154 valence electrons. The van der Waals surface area contributed by atoms with Crippen LogP contribution in [0.4, 0.5) is 15.8 Å². The van der Waals surface area contributed by atoms with Crippen LogP contribution in [0.5, 0.6) is 0 Å². The Morgan fingerprint density at radius 2 is 1.69 bits per heavy atom. The molecule has 2 amide bonds. The third kappa shape index (κ3) is 5.32. The maximum absolute atomic E-state index is 13.7. The van der Waals surface area contributed by atoms with Crippen LogP contribution in [0.25, 0.3) is 0 Å². The van der Waals surface area contributed by atoms with Crippen LogP contribution in [0.15, 0.2) is 48.5 Å². The first kappa shape index (κ1) is 20.8. The van der Waals surface area contributed by atoms with Gasteiger partial charge >= 0.3 is 11.8 Å². The molecule has 0 spiro atoms. The number of hydrogen-bond donors (Lipinski definition) is 3. The van der Waals surface area contributed by atoms with E-state index >= 15 is 0 Å². The standard InChI is InChI=1S/C22H27FN4O2/c1-26(2)17-11-9-16(10-12-17)20(27-13-5-6-14-27)15-24-21(28)22(29)25-19-8-4-3-7-18(19)23/h3-4,7-12,20H,5-6,13-15H2,1-2H3,(H,24,28)(H,25,29)/p+1/t20-/m1/s1. The average molecular weight is 399 g/mol. The highest BCUT2D eigenvalue weighted by Gasteiger charge is 2.28. The van der Waals surface area contributed by atoms with Gasteiger partial charge in [-0.05, 0) is 24.3 Å². The molecule has 0 saturated carbocycles. The van der Waals surface area contributed by atoms with Crippen LogP contribution in [0, 0.1) is 5.82 Å². The largest absolute Gasteiger partial charge is 0.378 e. The molecule has 1 aliphatic heterocycles. The molecule has 1 aliphatic rings. The molecule has 7 heteroatoms. The molecule has 6 nitrogen and oxygen atoms in total. The van der Waals surface area contributed by atoms with Crippen molar-refractivity contribution in [2.24, 2.45) is 0 Å². The van der Waals surface area contributed by atoms with Gasteiger partial charge in [0.2, 0.25) is 0 Å². The number of benzene rings is 2. The number of amides is 2. The molecule has 1 saturated heterocycles. The Morgan fingerprint density at radius 1 is 1.03 bits per heavy atom. The molecule has 2 aromatic carbocycles. The number of para-hydroxylation sites is 1. The van der Waals surface area contributed by atoms with Crippen molar-refractivity contribution in [3.8, 4) is 0 Å². The van der Waals surface area contributed by atoms with Gasteiger partial charge in [0.25, 0.3) is 0 Å². The molecule has 2 aromatic rings. The van der Waals surface area contributed by atoms with Crippen molar-refractivity contribution in [2.45, 2.75) is 18.9 Å². The van der Waals surface area contributed by atoms with Crippen LogP contribution in [0.2, 0.25) is 0 Å². The van der Waals surface area contributed by atoms with Gasteiger partial charge in [-0.2, -0.15) is 0 Å². The number of halogens is 1. The van der Waals surface area contributed by atoms with Crippen LogP contribution in [-0.4, -0.2) is 45.5 Å². The van der Waals surface area contributed by atoms with Crippen molar-refractivity contribution in [3.05, 3.63) is 59.9 Å². The number of rotatable bonds is 6. The van der Waals surface area contributed by atoms with E-state index in [1.54, 1.807) is 6.07 Å². The summed E-state index contributed by atoms with van der Waals surface area (Å²) in [6.45, 7) is 2.43. The summed E-state index contributed by atoms with van der Waals surface area (Å²) in [4.78, 5) is 27.9. The molecular weight excluding hydrogens is 371 g/mol. The predicted octanol–water partition coefficient (Wildman–Crippen LogP) is 1.37.